The van der Waals surface area contributed by atoms with E-state index < -0.39 is 7.12 Å². The van der Waals surface area contributed by atoms with E-state index in [0.29, 0.717) is 18.4 Å². The predicted octanol–water partition coefficient (Wildman–Crippen LogP) is 2.41. The number of hydrogen-bond donors (Lipinski definition) is 3. The van der Waals surface area contributed by atoms with Crippen LogP contribution in [0.4, 0.5) is 17.5 Å². The predicted molar refractivity (Wildman–Crippen MR) is 101 cm³/mol. The minimum Gasteiger partial charge on any atom is -0.423 e. The molecule has 3 rings (SSSR count). The molecule has 6 nitrogen and oxygen atoms in total. The van der Waals surface area contributed by atoms with E-state index in [1.807, 2.05) is 31.2 Å². The highest BCUT2D eigenvalue weighted by atomic mass is 16.5. The minimum absolute atomic E-state index is 0.391. The van der Waals surface area contributed by atoms with Gasteiger partial charge in [0.15, 0.2) is 0 Å². The zero-order valence-corrected chi connectivity index (χ0v) is 14.0. The first-order chi connectivity index (χ1) is 12.1. The smallest absolute Gasteiger partial charge is 0.423 e. The van der Waals surface area contributed by atoms with E-state index >= 15 is 0 Å². The zero-order valence-electron chi connectivity index (χ0n) is 14.0. The number of hydrogen-bond acceptors (Lipinski definition) is 6. The molecule has 25 heavy (non-hydrogen) atoms. The molecule has 0 radical (unpaired) electrons. The molecule has 0 saturated carbocycles. The maximum absolute atomic E-state index is 9.68. The van der Waals surface area contributed by atoms with Crippen LogP contribution in [-0.2, 0) is 11.3 Å². The van der Waals surface area contributed by atoms with E-state index in [-0.39, 0.29) is 0 Å². The molecule has 0 aliphatic carbocycles. The van der Waals surface area contributed by atoms with Gasteiger partial charge < -0.3 is 20.3 Å². The Morgan fingerprint density at radius 1 is 1.40 bits per heavy atom. The summed E-state index contributed by atoms with van der Waals surface area (Å²) in [5, 5.41) is 16.1. The van der Waals surface area contributed by atoms with Gasteiger partial charge in [0.1, 0.15) is 5.82 Å². The van der Waals surface area contributed by atoms with Crippen molar-refractivity contribution in [3.8, 4) is 0 Å². The number of benzene rings is 1. The zero-order chi connectivity index (χ0) is 17.8. The summed E-state index contributed by atoms with van der Waals surface area (Å²) in [6.45, 7) is 9.76. The number of aryl methyl sites for hydroxylation is 1. The summed E-state index contributed by atoms with van der Waals surface area (Å²) in [5.41, 5.74) is 4.28. The molecular formula is C18H19BN4O2. The van der Waals surface area contributed by atoms with Crippen molar-refractivity contribution < 1.29 is 9.68 Å². The molecule has 0 bridgehead atoms. The van der Waals surface area contributed by atoms with E-state index in [4.69, 9.17) is 4.65 Å². The van der Waals surface area contributed by atoms with Crippen molar-refractivity contribution in [2.75, 3.05) is 10.6 Å². The molecule has 1 aliphatic heterocycles. The normalized spacial score (nSPS) is 13.4. The Kier molecular flexibility index (Phi) is 4.97. The van der Waals surface area contributed by atoms with Gasteiger partial charge in [-0.05, 0) is 42.2 Å². The van der Waals surface area contributed by atoms with Crippen LogP contribution in [0.3, 0.4) is 0 Å². The third-order valence-electron chi connectivity index (χ3n) is 3.81. The van der Waals surface area contributed by atoms with Crippen molar-refractivity contribution in [1.29, 1.82) is 0 Å². The first kappa shape index (κ1) is 16.9. The third-order valence-corrected chi connectivity index (χ3v) is 3.81. The van der Waals surface area contributed by atoms with Gasteiger partial charge in [-0.3, -0.25) is 0 Å². The van der Waals surface area contributed by atoms with Gasteiger partial charge in [-0.15, -0.1) is 0 Å². The number of fused-ring (bicyclic) bond motifs is 1. The summed E-state index contributed by atoms with van der Waals surface area (Å²) < 4.78 is 5.21. The largest absolute Gasteiger partial charge is 0.491 e. The Balaban J connectivity index is 1.82. The molecule has 1 aliphatic rings. The molecule has 0 fully saturated rings. The van der Waals surface area contributed by atoms with E-state index in [1.54, 1.807) is 18.3 Å². The summed E-state index contributed by atoms with van der Waals surface area (Å²) in [6, 6.07) is 5.62. The van der Waals surface area contributed by atoms with Crippen LogP contribution >= 0.6 is 0 Å². The van der Waals surface area contributed by atoms with E-state index in [1.165, 1.54) is 0 Å². The third kappa shape index (κ3) is 3.79. The van der Waals surface area contributed by atoms with Crippen LogP contribution in [0.1, 0.15) is 11.1 Å². The Hall–Kier alpha value is -2.90. The Labute approximate surface area is 147 Å². The molecule has 2 aromatic rings. The highest BCUT2D eigenvalue weighted by Gasteiger charge is 2.27. The second-order valence-electron chi connectivity index (χ2n) is 5.61. The average Bonchev–Trinajstić information content (AvgIpc) is 2.98. The molecule has 126 valence electrons. The fourth-order valence-electron chi connectivity index (χ4n) is 2.49. The van der Waals surface area contributed by atoms with Crippen molar-refractivity contribution >= 4 is 30.0 Å². The Morgan fingerprint density at radius 2 is 2.24 bits per heavy atom. The first-order valence-corrected chi connectivity index (χ1v) is 7.86. The van der Waals surface area contributed by atoms with Gasteiger partial charge in [-0.2, -0.15) is 4.98 Å². The summed E-state index contributed by atoms with van der Waals surface area (Å²) >= 11 is 0. The SMILES string of the molecule is C=C/C=C(\C=C)Nc1nc(Nc2ccc3c(c2)COB3O)ncc1C. The van der Waals surface area contributed by atoms with Crippen LogP contribution in [0, 0.1) is 6.92 Å². The molecular weight excluding hydrogens is 315 g/mol. The van der Waals surface area contributed by atoms with Crippen LogP contribution in [-0.4, -0.2) is 22.1 Å². The van der Waals surface area contributed by atoms with Gasteiger partial charge in [0.2, 0.25) is 5.95 Å². The van der Waals surface area contributed by atoms with Crippen LogP contribution in [0.5, 0.6) is 0 Å². The lowest BCUT2D eigenvalue weighted by atomic mass is 9.79. The summed E-state index contributed by atoms with van der Waals surface area (Å²) in [4.78, 5) is 8.82. The number of nitrogens with zero attached hydrogens (tertiary/aromatic N) is 2. The number of allylic oxidation sites excluding steroid dienone is 3. The van der Waals surface area contributed by atoms with E-state index in [9.17, 15) is 5.02 Å². The van der Waals surface area contributed by atoms with Gasteiger partial charge in [0.25, 0.3) is 0 Å². The highest BCUT2D eigenvalue weighted by Crippen LogP contribution is 2.20. The van der Waals surface area contributed by atoms with Gasteiger partial charge in [0, 0.05) is 23.1 Å². The fourth-order valence-corrected chi connectivity index (χ4v) is 2.49. The van der Waals surface area contributed by atoms with Crippen LogP contribution in [0.15, 0.2) is 61.5 Å². The Bertz CT molecular complexity index is 851. The lowest BCUT2D eigenvalue weighted by Crippen LogP contribution is -2.27. The van der Waals surface area contributed by atoms with E-state index in [2.05, 4.69) is 33.8 Å². The second kappa shape index (κ2) is 7.33. The lowest BCUT2D eigenvalue weighted by Gasteiger charge is -2.12. The van der Waals surface area contributed by atoms with Crippen molar-refractivity contribution in [2.24, 2.45) is 0 Å². The maximum atomic E-state index is 9.68. The molecule has 0 spiro atoms. The molecule has 3 N–H and O–H groups in total. The molecule has 0 atom stereocenters. The quantitative estimate of drug-likeness (QED) is 0.556. The second-order valence-corrected chi connectivity index (χ2v) is 5.61. The van der Waals surface area contributed by atoms with Crippen molar-refractivity contribution in [2.45, 2.75) is 13.5 Å². The van der Waals surface area contributed by atoms with Gasteiger partial charge in [-0.25, -0.2) is 4.98 Å². The number of aromatic nitrogens is 2. The van der Waals surface area contributed by atoms with E-state index in [0.717, 1.165) is 28.0 Å². The molecule has 1 aromatic heterocycles. The van der Waals surface area contributed by atoms with Gasteiger partial charge in [-0.1, -0.05) is 25.3 Å². The standard InChI is InChI=1S/C18H19BN4O2/c1-4-6-14(5-2)21-17-12(3)10-20-18(23-17)22-15-7-8-16-13(9-15)11-25-19(16)24/h4-10,24H,1-2,11H2,3H3,(H2,20,21,22,23)/b14-6+. The summed E-state index contributed by atoms with van der Waals surface area (Å²) in [7, 11) is -0.843. The first-order valence-electron chi connectivity index (χ1n) is 7.86. The minimum atomic E-state index is -0.843. The number of nitrogens with one attached hydrogen (secondary N) is 2. The molecule has 0 unspecified atom stereocenters. The van der Waals surface area contributed by atoms with Crippen LogP contribution in [0.25, 0.3) is 0 Å². The van der Waals surface area contributed by atoms with Crippen molar-refractivity contribution in [3.05, 3.63) is 72.6 Å². The monoisotopic (exact) mass is 334 g/mol. The van der Waals surface area contributed by atoms with Gasteiger partial charge >= 0.3 is 7.12 Å². The topological polar surface area (TPSA) is 79.3 Å². The van der Waals surface area contributed by atoms with Crippen molar-refractivity contribution in [1.82, 2.24) is 9.97 Å². The maximum Gasteiger partial charge on any atom is 0.491 e. The summed E-state index contributed by atoms with van der Waals surface area (Å²) in [5.74, 6) is 1.15. The van der Waals surface area contributed by atoms with Crippen LogP contribution < -0.4 is 16.1 Å². The average molecular weight is 334 g/mol. The Morgan fingerprint density at radius 3 is 3.00 bits per heavy atom. The van der Waals surface area contributed by atoms with Gasteiger partial charge in [0.05, 0.1) is 6.61 Å². The molecule has 1 aromatic carbocycles. The summed E-state index contributed by atoms with van der Waals surface area (Å²) in [6.07, 6.45) is 6.93. The highest BCUT2D eigenvalue weighted by molar-refractivity contribution is 6.61. The number of anilines is 3. The lowest BCUT2D eigenvalue weighted by molar-refractivity contribution is 0.275. The fraction of sp³-hybridized carbons (Fsp3) is 0.111. The molecule has 2 heterocycles. The molecule has 0 saturated heterocycles. The van der Waals surface area contributed by atoms with Crippen LogP contribution in [0.2, 0.25) is 0 Å². The molecule has 7 heteroatoms. The number of rotatable bonds is 6. The molecule has 0 amide bonds. The van der Waals surface area contributed by atoms with Crippen molar-refractivity contribution in [3.63, 3.8) is 0 Å².